The molecule has 0 unspecified atom stereocenters. The minimum atomic E-state index is 0.702. The Hall–Kier alpha value is -1.32. The van der Waals surface area contributed by atoms with Crippen molar-refractivity contribution in [2.75, 3.05) is 29.9 Å². The second-order valence-electron chi connectivity index (χ2n) is 4.52. The van der Waals surface area contributed by atoms with E-state index in [2.05, 4.69) is 47.9 Å². The Balaban J connectivity index is 2.59. The van der Waals surface area contributed by atoms with Gasteiger partial charge in [0.2, 0.25) is 5.95 Å². The Bertz CT molecular complexity index is 321. The molecule has 96 valence electrons. The van der Waals surface area contributed by atoms with Gasteiger partial charge in [-0.1, -0.05) is 13.8 Å². The zero-order valence-electron chi connectivity index (χ0n) is 11.4. The molecule has 0 amide bonds. The lowest BCUT2D eigenvalue weighted by Crippen LogP contribution is -2.23. The monoisotopic (exact) mass is 236 g/mol. The highest BCUT2D eigenvalue weighted by molar-refractivity contribution is 5.42. The Morgan fingerprint density at radius 2 is 2.00 bits per heavy atom. The van der Waals surface area contributed by atoms with Crippen molar-refractivity contribution in [1.82, 2.24) is 9.97 Å². The van der Waals surface area contributed by atoms with Gasteiger partial charge in [-0.3, -0.25) is 0 Å². The van der Waals surface area contributed by atoms with Gasteiger partial charge in [-0.05, 0) is 32.3 Å². The quantitative estimate of drug-likeness (QED) is 0.790. The number of anilines is 2. The molecule has 4 nitrogen and oxygen atoms in total. The van der Waals surface area contributed by atoms with Gasteiger partial charge < -0.3 is 10.2 Å². The summed E-state index contributed by atoms with van der Waals surface area (Å²) in [5.74, 6) is 2.43. The summed E-state index contributed by atoms with van der Waals surface area (Å²) < 4.78 is 0. The fraction of sp³-hybridized carbons (Fsp3) is 0.692. The molecule has 17 heavy (non-hydrogen) atoms. The van der Waals surface area contributed by atoms with Gasteiger partial charge in [0.05, 0.1) is 0 Å². The second-order valence-corrected chi connectivity index (χ2v) is 4.52. The van der Waals surface area contributed by atoms with E-state index in [0.29, 0.717) is 5.92 Å². The van der Waals surface area contributed by atoms with Crippen LogP contribution in [0.25, 0.3) is 0 Å². The first kappa shape index (κ1) is 13.7. The molecule has 1 aromatic heterocycles. The van der Waals surface area contributed by atoms with Crippen molar-refractivity contribution in [3.63, 3.8) is 0 Å². The lowest BCUT2D eigenvalue weighted by molar-refractivity contribution is 0.606. The van der Waals surface area contributed by atoms with Crippen molar-refractivity contribution in [2.45, 2.75) is 34.1 Å². The van der Waals surface area contributed by atoms with E-state index in [4.69, 9.17) is 0 Å². The summed E-state index contributed by atoms with van der Waals surface area (Å²) >= 11 is 0. The van der Waals surface area contributed by atoms with Crippen LogP contribution in [0.5, 0.6) is 0 Å². The fourth-order valence-corrected chi connectivity index (χ4v) is 1.63. The summed E-state index contributed by atoms with van der Waals surface area (Å²) in [6.45, 7) is 11.6. The van der Waals surface area contributed by atoms with Gasteiger partial charge in [-0.15, -0.1) is 0 Å². The highest BCUT2D eigenvalue weighted by Crippen LogP contribution is 2.11. The van der Waals surface area contributed by atoms with Crippen molar-refractivity contribution in [1.29, 1.82) is 0 Å². The van der Waals surface area contributed by atoms with Crippen LogP contribution >= 0.6 is 0 Å². The normalized spacial score (nSPS) is 10.6. The third kappa shape index (κ3) is 4.59. The van der Waals surface area contributed by atoms with Crippen LogP contribution in [0, 0.1) is 5.92 Å². The van der Waals surface area contributed by atoms with Crippen LogP contribution in [0.3, 0.4) is 0 Å². The number of aromatic nitrogens is 2. The maximum absolute atomic E-state index is 4.52. The van der Waals surface area contributed by atoms with Gasteiger partial charge in [0.1, 0.15) is 5.82 Å². The van der Waals surface area contributed by atoms with Crippen molar-refractivity contribution < 1.29 is 0 Å². The van der Waals surface area contributed by atoms with Crippen LogP contribution in [0.4, 0.5) is 11.8 Å². The van der Waals surface area contributed by atoms with Crippen LogP contribution in [0.2, 0.25) is 0 Å². The largest absolute Gasteiger partial charge is 0.357 e. The molecule has 0 aromatic carbocycles. The van der Waals surface area contributed by atoms with Crippen molar-refractivity contribution in [3.8, 4) is 0 Å². The predicted molar refractivity (Wildman–Crippen MR) is 73.5 cm³/mol. The SMILES string of the molecule is CCN(CC)c1ccnc(NCCC(C)C)n1. The maximum atomic E-state index is 4.52. The molecule has 0 radical (unpaired) electrons. The molecule has 0 aliphatic carbocycles. The first-order valence-electron chi connectivity index (χ1n) is 6.49. The van der Waals surface area contributed by atoms with Crippen LogP contribution in [-0.2, 0) is 0 Å². The summed E-state index contributed by atoms with van der Waals surface area (Å²) in [5, 5.41) is 3.27. The molecule has 0 aliphatic rings. The Morgan fingerprint density at radius 1 is 1.29 bits per heavy atom. The molecule has 1 N–H and O–H groups in total. The van der Waals surface area contributed by atoms with Gasteiger partial charge in [0, 0.05) is 25.8 Å². The van der Waals surface area contributed by atoms with Gasteiger partial charge in [-0.2, -0.15) is 4.98 Å². The minimum absolute atomic E-state index is 0.702. The molecule has 4 heteroatoms. The van der Waals surface area contributed by atoms with Crippen LogP contribution < -0.4 is 10.2 Å². The van der Waals surface area contributed by atoms with E-state index in [1.54, 1.807) is 0 Å². The molecular formula is C13H24N4. The molecule has 1 rings (SSSR count). The van der Waals surface area contributed by atoms with E-state index >= 15 is 0 Å². The number of hydrogen-bond donors (Lipinski definition) is 1. The fourth-order valence-electron chi connectivity index (χ4n) is 1.63. The average molecular weight is 236 g/mol. The van der Waals surface area contributed by atoms with Crippen molar-refractivity contribution in [2.24, 2.45) is 5.92 Å². The molecular weight excluding hydrogens is 212 g/mol. The highest BCUT2D eigenvalue weighted by Gasteiger charge is 2.04. The zero-order valence-corrected chi connectivity index (χ0v) is 11.4. The van der Waals surface area contributed by atoms with E-state index in [1.807, 2.05) is 12.3 Å². The first-order chi connectivity index (χ1) is 8.17. The first-order valence-corrected chi connectivity index (χ1v) is 6.49. The van der Waals surface area contributed by atoms with Crippen LogP contribution in [0.15, 0.2) is 12.3 Å². The summed E-state index contributed by atoms with van der Waals surface area (Å²) in [7, 11) is 0. The molecule has 0 aliphatic heterocycles. The zero-order chi connectivity index (χ0) is 12.7. The standard InChI is InChI=1S/C13H24N4/c1-5-17(6-2)12-8-10-15-13(16-12)14-9-7-11(3)4/h8,10-11H,5-7,9H2,1-4H3,(H,14,15,16). The van der Waals surface area contributed by atoms with Crippen LogP contribution in [0.1, 0.15) is 34.1 Å². The molecule has 1 heterocycles. The lowest BCUT2D eigenvalue weighted by Gasteiger charge is -2.19. The highest BCUT2D eigenvalue weighted by atomic mass is 15.2. The Morgan fingerprint density at radius 3 is 2.59 bits per heavy atom. The number of nitrogens with one attached hydrogen (secondary N) is 1. The van der Waals surface area contributed by atoms with Gasteiger partial charge in [0.15, 0.2) is 0 Å². The molecule has 0 saturated heterocycles. The minimum Gasteiger partial charge on any atom is -0.357 e. The van der Waals surface area contributed by atoms with Crippen molar-refractivity contribution >= 4 is 11.8 Å². The smallest absolute Gasteiger partial charge is 0.224 e. The lowest BCUT2D eigenvalue weighted by atomic mass is 10.1. The second kappa shape index (κ2) is 7.09. The van der Waals surface area contributed by atoms with Gasteiger partial charge in [0.25, 0.3) is 0 Å². The number of rotatable bonds is 7. The molecule has 0 atom stereocenters. The van der Waals surface area contributed by atoms with Gasteiger partial charge in [-0.25, -0.2) is 4.98 Å². The molecule has 0 bridgehead atoms. The molecule has 0 spiro atoms. The average Bonchev–Trinajstić information content (AvgIpc) is 2.31. The third-order valence-corrected chi connectivity index (χ3v) is 2.73. The topological polar surface area (TPSA) is 41.1 Å². The number of hydrogen-bond acceptors (Lipinski definition) is 4. The summed E-state index contributed by atoms with van der Waals surface area (Å²) in [6.07, 6.45) is 2.96. The molecule has 0 saturated carbocycles. The molecule has 0 fully saturated rings. The predicted octanol–water partition coefficient (Wildman–Crippen LogP) is 2.78. The third-order valence-electron chi connectivity index (χ3n) is 2.73. The Kier molecular flexibility index (Phi) is 5.73. The van der Waals surface area contributed by atoms with E-state index in [9.17, 15) is 0 Å². The van der Waals surface area contributed by atoms with E-state index in [-0.39, 0.29) is 0 Å². The summed E-state index contributed by atoms with van der Waals surface area (Å²) in [4.78, 5) is 11.0. The summed E-state index contributed by atoms with van der Waals surface area (Å²) in [5.41, 5.74) is 0. The Labute approximate surface area is 104 Å². The number of nitrogens with zero attached hydrogens (tertiary/aromatic N) is 3. The van der Waals surface area contributed by atoms with Crippen molar-refractivity contribution in [3.05, 3.63) is 12.3 Å². The van der Waals surface area contributed by atoms with E-state index < -0.39 is 0 Å². The van der Waals surface area contributed by atoms with E-state index in [1.165, 1.54) is 0 Å². The van der Waals surface area contributed by atoms with E-state index in [0.717, 1.165) is 37.8 Å². The summed E-state index contributed by atoms with van der Waals surface area (Å²) in [6, 6.07) is 1.96. The maximum Gasteiger partial charge on any atom is 0.224 e. The van der Waals surface area contributed by atoms with Gasteiger partial charge >= 0.3 is 0 Å². The van der Waals surface area contributed by atoms with Crippen LogP contribution in [-0.4, -0.2) is 29.6 Å². The molecule has 1 aromatic rings.